The van der Waals surface area contributed by atoms with Crippen LogP contribution in [-0.2, 0) is 18.9 Å². The van der Waals surface area contributed by atoms with E-state index < -0.39 is 0 Å². The summed E-state index contributed by atoms with van der Waals surface area (Å²) in [5.74, 6) is 2.56. The Labute approximate surface area is 163 Å². The lowest BCUT2D eigenvalue weighted by molar-refractivity contribution is 0.286. The van der Waals surface area contributed by atoms with Gasteiger partial charge in [-0.05, 0) is 55.7 Å². The van der Waals surface area contributed by atoms with Gasteiger partial charge in [0, 0.05) is 17.3 Å². The van der Waals surface area contributed by atoms with Crippen molar-refractivity contribution < 1.29 is 4.74 Å². The van der Waals surface area contributed by atoms with Gasteiger partial charge < -0.3 is 9.30 Å². The van der Waals surface area contributed by atoms with E-state index in [4.69, 9.17) is 16.3 Å². The highest BCUT2D eigenvalue weighted by Crippen LogP contribution is 2.25. The normalized spacial score (nSPS) is 10.9. The van der Waals surface area contributed by atoms with Crippen molar-refractivity contribution in [3.8, 4) is 5.75 Å². The number of ether oxygens (including phenoxy) is 1. The van der Waals surface area contributed by atoms with Gasteiger partial charge in [0.25, 0.3) is 0 Å². The van der Waals surface area contributed by atoms with Gasteiger partial charge in [0.1, 0.15) is 12.4 Å². The molecule has 0 saturated carbocycles. The van der Waals surface area contributed by atoms with Crippen LogP contribution >= 0.6 is 23.4 Å². The van der Waals surface area contributed by atoms with Crippen molar-refractivity contribution in [3.63, 3.8) is 0 Å². The fourth-order valence-electron chi connectivity index (χ4n) is 2.60. The smallest absolute Gasteiger partial charge is 0.191 e. The molecule has 0 unspecified atom stereocenters. The molecular formula is C20H22ClN3OS. The minimum Gasteiger partial charge on any atom is -0.485 e. The average Bonchev–Trinajstić information content (AvgIpc) is 3.04. The second kappa shape index (κ2) is 8.60. The molecule has 0 amide bonds. The molecule has 0 saturated heterocycles. The lowest BCUT2D eigenvalue weighted by Crippen LogP contribution is -2.07. The van der Waals surface area contributed by atoms with E-state index >= 15 is 0 Å². The maximum Gasteiger partial charge on any atom is 0.191 e. The van der Waals surface area contributed by atoms with Crippen LogP contribution in [0.3, 0.4) is 0 Å². The summed E-state index contributed by atoms with van der Waals surface area (Å²) in [6, 6.07) is 14.0. The SMILES string of the molecule is CCn1c(COc2cccc(C)c2C)nnc1SCc1ccc(Cl)cc1. The van der Waals surface area contributed by atoms with Gasteiger partial charge in [0.2, 0.25) is 0 Å². The van der Waals surface area contributed by atoms with E-state index in [1.807, 2.05) is 36.4 Å². The van der Waals surface area contributed by atoms with Gasteiger partial charge in [-0.25, -0.2) is 0 Å². The number of thioether (sulfide) groups is 1. The second-order valence-corrected chi connectivity index (χ2v) is 7.42. The lowest BCUT2D eigenvalue weighted by atomic mass is 10.1. The summed E-state index contributed by atoms with van der Waals surface area (Å²) in [4.78, 5) is 0. The van der Waals surface area contributed by atoms with Crippen LogP contribution in [0.25, 0.3) is 0 Å². The molecule has 0 aliphatic carbocycles. The van der Waals surface area contributed by atoms with Crippen LogP contribution in [0.1, 0.15) is 29.4 Å². The van der Waals surface area contributed by atoms with Crippen LogP contribution in [0.4, 0.5) is 0 Å². The number of hydrogen-bond acceptors (Lipinski definition) is 4. The van der Waals surface area contributed by atoms with E-state index in [9.17, 15) is 0 Å². The maximum absolute atomic E-state index is 5.99. The third-order valence-corrected chi connectivity index (χ3v) is 5.59. The quantitative estimate of drug-likeness (QED) is 0.506. The summed E-state index contributed by atoms with van der Waals surface area (Å²) in [5, 5.41) is 10.3. The molecule has 6 heteroatoms. The van der Waals surface area contributed by atoms with E-state index in [-0.39, 0.29) is 0 Å². The Morgan fingerprint density at radius 2 is 1.85 bits per heavy atom. The maximum atomic E-state index is 5.99. The van der Waals surface area contributed by atoms with Crippen LogP contribution in [0, 0.1) is 13.8 Å². The average molecular weight is 388 g/mol. The van der Waals surface area contributed by atoms with Crippen molar-refractivity contribution in [2.75, 3.05) is 0 Å². The number of aromatic nitrogens is 3. The van der Waals surface area contributed by atoms with Crippen LogP contribution in [0.2, 0.25) is 5.02 Å². The highest BCUT2D eigenvalue weighted by molar-refractivity contribution is 7.98. The number of benzene rings is 2. The lowest BCUT2D eigenvalue weighted by Gasteiger charge is -2.11. The third kappa shape index (κ3) is 4.40. The van der Waals surface area contributed by atoms with Crippen molar-refractivity contribution in [1.82, 2.24) is 14.8 Å². The predicted octanol–water partition coefficient (Wildman–Crippen LogP) is 5.44. The molecule has 0 bridgehead atoms. The molecule has 0 radical (unpaired) electrons. The Balaban J connectivity index is 1.67. The van der Waals surface area contributed by atoms with Crippen molar-refractivity contribution in [2.24, 2.45) is 0 Å². The Hall–Kier alpha value is -1.98. The Bertz CT molecular complexity index is 877. The highest BCUT2D eigenvalue weighted by atomic mass is 35.5. The number of aryl methyl sites for hydroxylation is 1. The number of rotatable bonds is 7. The summed E-state index contributed by atoms with van der Waals surface area (Å²) in [6.07, 6.45) is 0. The molecule has 3 aromatic rings. The van der Waals surface area contributed by atoms with Gasteiger partial charge in [0.05, 0.1) is 0 Å². The molecule has 0 aliphatic rings. The van der Waals surface area contributed by atoms with Gasteiger partial charge in [-0.15, -0.1) is 10.2 Å². The zero-order chi connectivity index (χ0) is 18.5. The summed E-state index contributed by atoms with van der Waals surface area (Å²) in [6.45, 7) is 7.47. The molecule has 4 nitrogen and oxygen atoms in total. The fraction of sp³-hybridized carbons (Fsp3) is 0.300. The first-order valence-corrected chi connectivity index (χ1v) is 9.93. The molecule has 0 aliphatic heterocycles. The molecule has 3 rings (SSSR count). The van der Waals surface area contributed by atoms with Crippen LogP contribution < -0.4 is 4.74 Å². The standard InChI is InChI=1S/C20H22ClN3OS/c1-4-24-19(12-25-18-7-5-6-14(2)15(18)3)22-23-20(24)26-13-16-8-10-17(21)11-9-16/h5-11H,4,12-13H2,1-3H3. The minimum absolute atomic E-state index is 0.409. The molecule has 2 aromatic carbocycles. The van der Waals surface area contributed by atoms with E-state index in [1.165, 1.54) is 11.1 Å². The number of nitrogens with zero attached hydrogens (tertiary/aromatic N) is 3. The Morgan fingerprint density at radius 1 is 1.08 bits per heavy atom. The molecule has 0 atom stereocenters. The molecule has 0 fully saturated rings. The molecule has 136 valence electrons. The van der Waals surface area contributed by atoms with Crippen molar-refractivity contribution in [1.29, 1.82) is 0 Å². The van der Waals surface area contributed by atoms with E-state index in [0.717, 1.165) is 39.6 Å². The summed E-state index contributed by atoms with van der Waals surface area (Å²) in [5.41, 5.74) is 3.59. The highest BCUT2D eigenvalue weighted by Gasteiger charge is 2.13. The zero-order valence-corrected chi connectivity index (χ0v) is 16.8. The van der Waals surface area contributed by atoms with Gasteiger partial charge in [0.15, 0.2) is 11.0 Å². The van der Waals surface area contributed by atoms with Crippen molar-refractivity contribution in [2.45, 2.75) is 44.8 Å². The van der Waals surface area contributed by atoms with Crippen LogP contribution in [-0.4, -0.2) is 14.8 Å². The monoisotopic (exact) mass is 387 g/mol. The predicted molar refractivity (Wildman–Crippen MR) is 107 cm³/mol. The Kier molecular flexibility index (Phi) is 6.22. The van der Waals surface area contributed by atoms with Gasteiger partial charge in [-0.3, -0.25) is 0 Å². The van der Waals surface area contributed by atoms with Crippen molar-refractivity contribution >= 4 is 23.4 Å². The minimum atomic E-state index is 0.409. The molecule has 0 spiro atoms. The first-order chi connectivity index (χ1) is 12.6. The molecule has 1 heterocycles. The van der Waals surface area contributed by atoms with Gasteiger partial charge >= 0.3 is 0 Å². The first kappa shape index (κ1) is 18.8. The number of halogens is 1. The summed E-state index contributed by atoms with van der Waals surface area (Å²) >= 11 is 7.61. The fourth-order valence-corrected chi connectivity index (χ4v) is 3.70. The van der Waals surface area contributed by atoms with Crippen LogP contribution in [0.5, 0.6) is 5.75 Å². The summed E-state index contributed by atoms with van der Waals surface area (Å²) < 4.78 is 8.09. The van der Waals surface area contributed by atoms with Gasteiger partial charge in [-0.2, -0.15) is 0 Å². The summed E-state index contributed by atoms with van der Waals surface area (Å²) in [7, 11) is 0. The molecule has 26 heavy (non-hydrogen) atoms. The zero-order valence-electron chi connectivity index (χ0n) is 15.2. The number of hydrogen-bond donors (Lipinski definition) is 0. The molecular weight excluding hydrogens is 366 g/mol. The Morgan fingerprint density at radius 3 is 2.58 bits per heavy atom. The van der Waals surface area contributed by atoms with E-state index in [2.05, 4.69) is 41.6 Å². The molecule has 1 aromatic heterocycles. The molecule has 0 N–H and O–H groups in total. The van der Waals surface area contributed by atoms with E-state index in [1.54, 1.807) is 11.8 Å². The topological polar surface area (TPSA) is 39.9 Å². The van der Waals surface area contributed by atoms with E-state index in [0.29, 0.717) is 6.61 Å². The third-order valence-electron chi connectivity index (χ3n) is 4.30. The first-order valence-electron chi connectivity index (χ1n) is 8.56. The van der Waals surface area contributed by atoms with Crippen molar-refractivity contribution in [3.05, 3.63) is 70.0 Å². The second-order valence-electron chi connectivity index (χ2n) is 6.04. The van der Waals surface area contributed by atoms with Gasteiger partial charge in [-0.1, -0.05) is 47.6 Å². The largest absolute Gasteiger partial charge is 0.485 e. The van der Waals surface area contributed by atoms with Crippen LogP contribution in [0.15, 0.2) is 47.6 Å².